The lowest BCUT2D eigenvalue weighted by Crippen LogP contribution is -2.10. The lowest BCUT2D eigenvalue weighted by Gasteiger charge is -2.06. The Morgan fingerprint density at radius 1 is 1.38 bits per heavy atom. The summed E-state index contributed by atoms with van der Waals surface area (Å²) in [5.74, 6) is 0. The zero-order chi connectivity index (χ0) is 11.8. The van der Waals surface area contributed by atoms with Gasteiger partial charge in [-0.3, -0.25) is 0 Å². The molecule has 4 nitrogen and oxygen atoms in total. The molecule has 1 unspecified atom stereocenters. The number of hydrogen-bond donors (Lipinski definition) is 1. The second-order valence-corrected chi connectivity index (χ2v) is 4.50. The van der Waals surface area contributed by atoms with Gasteiger partial charge >= 0.3 is 0 Å². The standard InChI is InChI=1S/C11H14BrN3O/c12-10-6-4-9(5-7-10)2-1-3-11(16)8-14-15-13/h4-7,11,16H,1-3,8H2. The molecule has 0 saturated carbocycles. The molecule has 0 aromatic heterocycles. The number of aliphatic hydroxyl groups is 1. The highest BCUT2D eigenvalue weighted by Gasteiger charge is 2.02. The molecule has 0 saturated heterocycles. The summed E-state index contributed by atoms with van der Waals surface area (Å²) in [5, 5.41) is 12.8. The van der Waals surface area contributed by atoms with E-state index in [0.717, 1.165) is 17.3 Å². The van der Waals surface area contributed by atoms with Gasteiger partial charge in [0.05, 0.1) is 12.6 Å². The molecule has 5 heteroatoms. The molecule has 0 aliphatic carbocycles. The number of rotatable bonds is 6. The first-order chi connectivity index (χ1) is 7.72. The zero-order valence-electron chi connectivity index (χ0n) is 8.88. The summed E-state index contributed by atoms with van der Waals surface area (Å²) in [5.41, 5.74) is 9.34. The van der Waals surface area contributed by atoms with Crippen molar-refractivity contribution in [2.75, 3.05) is 6.54 Å². The topological polar surface area (TPSA) is 69.0 Å². The fraction of sp³-hybridized carbons (Fsp3) is 0.455. The van der Waals surface area contributed by atoms with Crippen molar-refractivity contribution in [3.05, 3.63) is 44.7 Å². The van der Waals surface area contributed by atoms with Crippen molar-refractivity contribution in [2.24, 2.45) is 5.11 Å². The lowest BCUT2D eigenvalue weighted by molar-refractivity contribution is 0.170. The first-order valence-electron chi connectivity index (χ1n) is 5.15. The molecule has 0 heterocycles. The third kappa shape index (κ3) is 5.16. The highest BCUT2D eigenvalue weighted by molar-refractivity contribution is 9.10. The van der Waals surface area contributed by atoms with Crippen LogP contribution in [0.25, 0.3) is 10.4 Å². The fourth-order valence-electron chi connectivity index (χ4n) is 1.41. The number of aryl methyl sites for hydroxylation is 1. The Hall–Kier alpha value is -1.03. The van der Waals surface area contributed by atoms with Crippen LogP contribution in [0.4, 0.5) is 0 Å². The molecule has 1 rings (SSSR count). The second kappa shape index (κ2) is 7.28. The van der Waals surface area contributed by atoms with E-state index in [-0.39, 0.29) is 6.54 Å². The van der Waals surface area contributed by atoms with Gasteiger partial charge in [0, 0.05) is 9.38 Å². The van der Waals surface area contributed by atoms with E-state index in [4.69, 9.17) is 5.53 Å². The van der Waals surface area contributed by atoms with Gasteiger partial charge in [-0.05, 0) is 42.5 Å². The minimum absolute atomic E-state index is 0.164. The smallest absolute Gasteiger partial charge is 0.0596 e. The SMILES string of the molecule is [N-]=[N+]=NCC(O)CCCc1ccc(Br)cc1. The molecule has 16 heavy (non-hydrogen) atoms. The number of halogens is 1. The summed E-state index contributed by atoms with van der Waals surface area (Å²) < 4.78 is 1.07. The van der Waals surface area contributed by atoms with Crippen LogP contribution in [-0.4, -0.2) is 17.8 Å². The van der Waals surface area contributed by atoms with Crippen molar-refractivity contribution >= 4 is 15.9 Å². The van der Waals surface area contributed by atoms with Gasteiger partial charge in [0.2, 0.25) is 0 Å². The summed E-state index contributed by atoms with van der Waals surface area (Å²) >= 11 is 3.38. The molecule has 0 bridgehead atoms. The highest BCUT2D eigenvalue weighted by Crippen LogP contribution is 2.13. The van der Waals surface area contributed by atoms with E-state index in [1.807, 2.05) is 12.1 Å². The van der Waals surface area contributed by atoms with Gasteiger partial charge in [0.25, 0.3) is 0 Å². The largest absolute Gasteiger partial charge is 0.393 e. The van der Waals surface area contributed by atoms with Gasteiger partial charge in [-0.15, -0.1) is 0 Å². The van der Waals surface area contributed by atoms with E-state index in [0.29, 0.717) is 6.42 Å². The van der Waals surface area contributed by atoms with Crippen molar-refractivity contribution in [1.82, 2.24) is 0 Å². The first-order valence-corrected chi connectivity index (χ1v) is 5.95. The van der Waals surface area contributed by atoms with Crippen LogP contribution in [0.5, 0.6) is 0 Å². The van der Waals surface area contributed by atoms with Crippen LogP contribution < -0.4 is 0 Å². The Kier molecular flexibility index (Phi) is 5.93. The predicted molar refractivity (Wildman–Crippen MR) is 67.1 cm³/mol. The lowest BCUT2D eigenvalue weighted by atomic mass is 10.1. The molecule has 1 aromatic rings. The predicted octanol–water partition coefficient (Wildman–Crippen LogP) is 3.44. The zero-order valence-corrected chi connectivity index (χ0v) is 10.5. The monoisotopic (exact) mass is 283 g/mol. The van der Waals surface area contributed by atoms with E-state index in [2.05, 4.69) is 38.1 Å². The normalized spacial score (nSPS) is 11.9. The molecule has 0 amide bonds. The van der Waals surface area contributed by atoms with Crippen molar-refractivity contribution in [3.8, 4) is 0 Å². The van der Waals surface area contributed by atoms with E-state index < -0.39 is 6.10 Å². The number of aliphatic hydroxyl groups excluding tert-OH is 1. The van der Waals surface area contributed by atoms with E-state index in [1.54, 1.807) is 0 Å². The summed E-state index contributed by atoms with van der Waals surface area (Å²) in [7, 11) is 0. The number of nitrogens with zero attached hydrogens (tertiary/aromatic N) is 3. The molecule has 0 aliphatic rings. The van der Waals surface area contributed by atoms with Gasteiger partial charge in [-0.25, -0.2) is 0 Å². The van der Waals surface area contributed by atoms with Crippen molar-refractivity contribution in [3.63, 3.8) is 0 Å². The third-order valence-corrected chi connectivity index (χ3v) is 2.80. The maximum atomic E-state index is 9.43. The van der Waals surface area contributed by atoms with E-state index >= 15 is 0 Å². The molecule has 1 N–H and O–H groups in total. The number of benzene rings is 1. The highest BCUT2D eigenvalue weighted by atomic mass is 79.9. The quantitative estimate of drug-likeness (QED) is 0.485. The molecule has 0 fully saturated rings. The Labute approximate surface area is 103 Å². The summed E-state index contributed by atoms with van der Waals surface area (Å²) in [6.45, 7) is 0.164. The molecule has 1 atom stereocenters. The number of hydrogen-bond acceptors (Lipinski definition) is 2. The molecule has 0 spiro atoms. The van der Waals surface area contributed by atoms with Crippen molar-refractivity contribution in [2.45, 2.75) is 25.4 Å². The van der Waals surface area contributed by atoms with Crippen LogP contribution in [0.2, 0.25) is 0 Å². The molecule has 0 aliphatic heterocycles. The Morgan fingerprint density at radius 2 is 2.06 bits per heavy atom. The molecule has 1 aromatic carbocycles. The van der Waals surface area contributed by atoms with Gasteiger partial charge < -0.3 is 5.11 Å². The maximum Gasteiger partial charge on any atom is 0.0596 e. The van der Waals surface area contributed by atoms with Crippen LogP contribution in [0.1, 0.15) is 18.4 Å². The van der Waals surface area contributed by atoms with Crippen molar-refractivity contribution in [1.29, 1.82) is 0 Å². The van der Waals surface area contributed by atoms with Crippen LogP contribution in [0, 0.1) is 0 Å². The second-order valence-electron chi connectivity index (χ2n) is 3.59. The van der Waals surface area contributed by atoms with Crippen molar-refractivity contribution < 1.29 is 5.11 Å². The third-order valence-electron chi connectivity index (χ3n) is 2.27. The van der Waals surface area contributed by atoms with Gasteiger partial charge in [-0.2, -0.15) is 0 Å². The maximum absolute atomic E-state index is 9.43. The van der Waals surface area contributed by atoms with Gasteiger partial charge in [-0.1, -0.05) is 33.2 Å². The van der Waals surface area contributed by atoms with E-state index in [1.165, 1.54) is 5.56 Å². The molecule has 86 valence electrons. The average Bonchev–Trinajstić information content (AvgIpc) is 2.29. The van der Waals surface area contributed by atoms with Crippen LogP contribution in [0.15, 0.2) is 33.9 Å². The minimum atomic E-state index is -0.522. The average molecular weight is 284 g/mol. The molecule has 0 radical (unpaired) electrons. The molecular formula is C11H14BrN3O. The minimum Gasteiger partial charge on any atom is -0.393 e. The Morgan fingerprint density at radius 3 is 2.69 bits per heavy atom. The Bertz CT molecular complexity index is 360. The molecular weight excluding hydrogens is 270 g/mol. The van der Waals surface area contributed by atoms with Crippen LogP contribution >= 0.6 is 15.9 Å². The van der Waals surface area contributed by atoms with Crippen LogP contribution in [-0.2, 0) is 6.42 Å². The van der Waals surface area contributed by atoms with E-state index in [9.17, 15) is 5.11 Å². The summed E-state index contributed by atoms with van der Waals surface area (Å²) in [4.78, 5) is 2.61. The van der Waals surface area contributed by atoms with Crippen LogP contribution in [0.3, 0.4) is 0 Å². The summed E-state index contributed by atoms with van der Waals surface area (Å²) in [6, 6.07) is 8.13. The van der Waals surface area contributed by atoms with Gasteiger partial charge in [0.15, 0.2) is 0 Å². The van der Waals surface area contributed by atoms with Gasteiger partial charge in [0.1, 0.15) is 0 Å². The summed E-state index contributed by atoms with van der Waals surface area (Å²) in [6.07, 6.45) is 1.96. The number of azide groups is 1. The first kappa shape index (κ1) is 13.0. The Balaban J connectivity index is 2.24. The fourth-order valence-corrected chi connectivity index (χ4v) is 1.68.